The van der Waals surface area contributed by atoms with Crippen molar-refractivity contribution in [3.05, 3.63) is 29.6 Å². The average Bonchev–Trinajstić information content (AvgIpc) is 2.14. The zero-order valence-corrected chi connectivity index (χ0v) is 13.2. The lowest BCUT2D eigenvalue weighted by Crippen LogP contribution is -2.21. The van der Waals surface area contributed by atoms with Gasteiger partial charge in [-0.2, -0.15) is 0 Å². The van der Waals surface area contributed by atoms with Crippen molar-refractivity contribution in [2.75, 3.05) is 0 Å². The predicted molar refractivity (Wildman–Crippen MR) is 77.7 cm³/mol. The highest BCUT2D eigenvalue weighted by Gasteiger charge is 2.20. The van der Waals surface area contributed by atoms with E-state index in [1.807, 2.05) is 0 Å². The first kappa shape index (κ1) is 14.7. The first-order valence-corrected chi connectivity index (χ1v) is 9.34. The zero-order chi connectivity index (χ0) is 12.8. The second-order valence-corrected chi connectivity index (χ2v) is 9.18. The van der Waals surface area contributed by atoms with Crippen LogP contribution in [0.15, 0.2) is 18.2 Å². The molecule has 1 heterocycles. The topological polar surface area (TPSA) is 12.9 Å². The third-order valence-corrected chi connectivity index (χ3v) is 7.27. The number of pyridine rings is 1. The molecule has 0 spiro atoms. The Morgan fingerprint density at radius 1 is 1.06 bits per heavy atom. The van der Waals surface area contributed by atoms with Gasteiger partial charge >= 0.3 is 0 Å². The van der Waals surface area contributed by atoms with Gasteiger partial charge in [0.2, 0.25) is 0 Å². The summed E-state index contributed by atoms with van der Waals surface area (Å²) in [6.07, 6.45) is 0. The van der Waals surface area contributed by atoms with E-state index in [0.717, 1.165) is 17.5 Å². The summed E-state index contributed by atoms with van der Waals surface area (Å²) in [6.45, 7) is 11.5. The number of aryl methyl sites for hydroxylation is 1. The molecule has 94 valence electrons. The maximum atomic E-state index is 4.66. The summed E-state index contributed by atoms with van der Waals surface area (Å²) in [5.41, 5.74) is 2.48. The summed E-state index contributed by atoms with van der Waals surface area (Å²) < 4.78 is 0. The molecule has 0 saturated heterocycles. The quantitative estimate of drug-likeness (QED) is 0.684. The average molecular weight is 247 g/mol. The van der Waals surface area contributed by atoms with Gasteiger partial charge in [0.1, 0.15) is 0 Å². The van der Waals surface area contributed by atoms with Gasteiger partial charge in [-0.15, -0.1) is 0 Å². The van der Waals surface area contributed by atoms with Crippen molar-refractivity contribution in [1.29, 1.82) is 0 Å². The molecule has 0 radical (unpaired) electrons. The monoisotopic (exact) mass is 247 g/mol. The summed E-state index contributed by atoms with van der Waals surface area (Å²) in [6, 6.07) is 6.44. The number of nitrogens with zero attached hydrogens (tertiary/aromatic N) is 1. The smallest absolute Gasteiger partial charge is 0.259 e. The fourth-order valence-corrected chi connectivity index (χ4v) is 6.62. The summed E-state index contributed by atoms with van der Waals surface area (Å²) >= 11 is -0.659. The van der Waals surface area contributed by atoms with Gasteiger partial charge in [-0.3, -0.25) is 4.98 Å². The second kappa shape index (κ2) is 7.19. The summed E-state index contributed by atoms with van der Waals surface area (Å²) in [7, 11) is 0. The van der Waals surface area contributed by atoms with Gasteiger partial charge < -0.3 is 0 Å². The molecule has 0 saturated carbocycles. The van der Waals surface area contributed by atoms with E-state index in [2.05, 4.69) is 57.8 Å². The Labute approximate surface area is 111 Å². The van der Waals surface area contributed by atoms with Crippen LogP contribution < -0.4 is 0 Å². The number of aromatic nitrogens is 1. The Bertz CT molecular complexity index is 323. The highest BCUT2D eigenvalue weighted by Crippen LogP contribution is 2.17. The van der Waals surface area contributed by atoms with Crippen LogP contribution in [0.5, 0.6) is 0 Å². The Morgan fingerprint density at radius 2 is 1.65 bits per heavy atom. The van der Waals surface area contributed by atoms with Gasteiger partial charge in [0.25, 0.3) is 14.1 Å². The normalized spacial score (nSPS) is 11.2. The van der Waals surface area contributed by atoms with E-state index >= 15 is 0 Å². The molecule has 0 amide bonds. The molecule has 1 nitrogen and oxygen atoms in total. The fourth-order valence-electron chi connectivity index (χ4n) is 2.61. The maximum absolute atomic E-state index is 4.66. The molecule has 1 aromatic heterocycles. The minimum absolute atomic E-state index is 0.659. The van der Waals surface area contributed by atoms with Crippen molar-refractivity contribution in [3.63, 3.8) is 0 Å². The zero-order valence-electron chi connectivity index (χ0n) is 12.0. The molecule has 0 unspecified atom stereocenters. The highest BCUT2D eigenvalue weighted by molar-refractivity contribution is 6.58. The van der Waals surface area contributed by atoms with Crippen LogP contribution in [0.25, 0.3) is 0 Å². The molecule has 2 heteroatoms. The third-order valence-electron chi connectivity index (χ3n) is 3.05. The van der Waals surface area contributed by atoms with Crippen LogP contribution in [0, 0.1) is 18.8 Å². The Kier molecular flexibility index (Phi) is 6.24. The van der Waals surface area contributed by atoms with Crippen molar-refractivity contribution in [1.82, 2.24) is 4.98 Å². The Morgan fingerprint density at radius 3 is 2.12 bits per heavy atom. The van der Waals surface area contributed by atoms with Crippen molar-refractivity contribution in [2.45, 2.75) is 50.5 Å². The molecule has 1 aromatic rings. The highest BCUT2D eigenvalue weighted by atomic mass is 27.2. The molecule has 0 N–H and O–H groups in total. The minimum atomic E-state index is -0.659. The van der Waals surface area contributed by atoms with Crippen LogP contribution in [0.2, 0.25) is 10.6 Å². The molecule has 0 bridgehead atoms. The van der Waals surface area contributed by atoms with E-state index in [0.29, 0.717) is 0 Å². The number of rotatable bonds is 6. The van der Waals surface area contributed by atoms with Crippen molar-refractivity contribution < 1.29 is 0 Å². The number of hydrogen-bond acceptors (Lipinski definition) is 1. The summed E-state index contributed by atoms with van der Waals surface area (Å²) in [5.74, 6) is 1.69. The van der Waals surface area contributed by atoms with Crippen molar-refractivity contribution in [2.24, 2.45) is 11.8 Å². The molecule has 0 aromatic carbocycles. The van der Waals surface area contributed by atoms with Crippen LogP contribution in [0.4, 0.5) is 0 Å². The van der Waals surface area contributed by atoms with Crippen LogP contribution in [-0.4, -0.2) is 19.1 Å². The van der Waals surface area contributed by atoms with E-state index in [1.54, 1.807) is 0 Å². The molecule has 0 aliphatic heterocycles. The van der Waals surface area contributed by atoms with Gasteiger partial charge in [-0.25, -0.2) is 0 Å². The van der Waals surface area contributed by atoms with Gasteiger partial charge in [-0.05, 0) is 19.1 Å². The van der Waals surface area contributed by atoms with E-state index in [4.69, 9.17) is 0 Å². The summed E-state index contributed by atoms with van der Waals surface area (Å²) in [5, 5.41) is 4.18. The molecule has 1 rings (SSSR count). The van der Waals surface area contributed by atoms with E-state index in [1.165, 1.54) is 21.5 Å². The van der Waals surface area contributed by atoms with Gasteiger partial charge in [-0.1, -0.05) is 61.4 Å². The predicted octanol–water partition coefficient (Wildman–Crippen LogP) is 4.28. The molecular formula is C15H26AlN. The molecule has 0 aliphatic carbocycles. The third kappa shape index (κ3) is 6.24. The molecule has 17 heavy (non-hydrogen) atoms. The van der Waals surface area contributed by atoms with E-state index < -0.39 is 14.1 Å². The minimum Gasteiger partial charge on any atom is -0.259 e. The van der Waals surface area contributed by atoms with Crippen LogP contribution in [0.3, 0.4) is 0 Å². The lowest BCUT2D eigenvalue weighted by atomic mass is 10.3. The summed E-state index contributed by atoms with van der Waals surface area (Å²) in [4.78, 5) is 4.66. The van der Waals surface area contributed by atoms with Crippen LogP contribution in [0.1, 0.15) is 39.1 Å². The van der Waals surface area contributed by atoms with E-state index in [-0.39, 0.29) is 0 Å². The number of hydrogen-bond donors (Lipinski definition) is 0. The first-order valence-electron chi connectivity index (χ1n) is 6.90. The first-order chi connectivity index (χ1) is 7.97. The van der Waals surface area contributed by atoms with Crippen molar-refractivity contribution in [3.8, 4) is 0 Å². The lowest BCUT2D eigenvalue weighted by Gasteiger charge is -2.16. The van der Waals surface area contributed by atoms with E-state index in [9.17, 15) is 0 Å². The molecule has 0 aliphatic rings. The van der Waals surface area contributed by atoms with Crippen LogP contribution >= 0.6 is 0 Å². The fraction of sp³-hybridized carbons (Fsp3) is 0.667. The van der Waals surface area contributed by atoms with Gasteiger partial charge in [0.05, 0.1) is 0 Å². The standard InChI is InChI=1S/C7H8N.2C4H9.Al/c1-6-4-3-5-7(2)8-6;2*1-4(2)3;/h3-5H,1H2,2H3;2*4H,1H2,2-3H3;. The molecule has 0 atom stereocenters. The van der Waals surface area contributed by atoms with Gasteiger partial charge in [0.15, 0.2) is 0 Å². The van der Waals surface area contributed by atoms with Crippen LogP contribution in [-0.2, 0) is 5.28 Å². The van der Waals surface area contributed by atoms with Gasteiger partial charge in [0, 0.05) is 11.4 Å². The maximum Gasteiger partial charge on any atom is 0.270 e. The molecular weight excluding hydrogens is 221 g/mol. The molecule has 0 fully saturated rings. The Hall–Kier alpha value is -0.318. The van der Waals surface area contributed by atoms with Crippen molar-refractivity contribution >= 4 is 14.1 Å². The largest absolute Gasteiger partial charge is 0.270 e. The Balaban J connectivity index is 2.64. The SMILES string of the molecule is Cc1cccc([CH2][Al]([CH2]C(C)C)[CH2]C(C)C)n1. The lowest BCUT2D eigenvalue weighted by molar-refractivity contribution is 0.686. The second-order valence-electron chi connectivity index (χ2n) is 6.10.